The first-order valence-corrected chi connectivity index (χ1v) is 10.3. The molecule has 1 aliphatic heterocycles. The molecule has 2 rings (SSSR count). The van der Waals surface area contributed by atoms with Crippen LogP contribution >= 0.6 is 11.7 Å². The third-order valence-corrected chi connectivity index (χ3v) is 5.19. The monoisotopic (exact) mass is 400 g/mol. The normalized spacial score (nSPS) is 20.8. The molecule has 1 aliphatic rings. The Balaban J connectivity index is 1.93. The number of carbonyl (C=O) groups excluding carboxylic acids is 1. The van der Waals surface area contributed by atoms with Gasteiger partial charge in [-0.2, -0.15) is 4.37 Å². The zero-order valence-corrected chi connectivity index (χ0v) is 17.2. The Bertz CT molecular complexity index is 637. The molecular weight excluding hydrogens is 368 g/mol. The molecule has 1 unspecified atom stereocenters. The molecule has 1 aromatic rings. The second kappa shape index (κ2) is 10.7. The van der Waals surface area contributed by atoms with Crippen LogP contribution in [0.3, 0.4) is 0 Å². The molecule has 0 bridgehead atoms. The van der Waals surface area contributed by atoms with E-state index in [1.54, 1.807) is 0 Å². The molecular formula is C18H32N4O4S+2. The summed E-state index contributed by atoms with van der Waals surface area (Å²) in [5.41, 5.74) is 5.46. The number of nitrogens with zero attached hydrogens (tertiary/aromatic N) is 3. The lowest BCUT2D eigenvalue weighted by molar-refractivity contribution is -0.919. The standard InChI is InChI=1S/C18H31N4O4S/c1-3-4-5-6-10-25-17-16(20-27-21-17)14-8-7-9-22(2,11-14)13-26-18(24)15(19)12-23/h8,15,23H,3-7,9-13,19H2,1-2H3/q+1/p+1/t15-,22?/m0/s1. The number of hydrogen-bond acceptors (Lipinski definition) is 7. The summed E-state index contributed by atoms with van der Waals surface area (Å²) in [5, 5.41) is 9.02. The zero-order valence-electron chi connectivity index (χ0n) is 16.4. The third-order valence-electron chi connectivity index (χ3n) is 4.68. The van der Waals surface area contributed by atoms with Gasteiger partial charge in [0.1, 0.15) is 18.8 Å². The summed E-state index contributed by atoms with van der Waals surface area (Å²) in [6.45, 7) is 4.33. The Hall–Kier alpha value is -1.55. The molecule has 0 radical (unpaired) electrons. The van der Waals surface area contributed by atoms with Gasteiger partial charge in [-0.25, -0.2) is 4.79 Å². The predicted molar refractivity (Wildman–Crippen MR) is 103 cm³/mol. The van der Waals surface area contributed by atoms with Gasteiger partial charge in [0.25, 0.3) is 5.88 Å². The Morgan fingerprint density at radius 1 is 1.41 bits per heavy atom. The van der Waals surface area contributed by atoms with Crippen LogP contribution in [0.15, 0.2) is 6.08 Å². The first-order valence-electron chi connectivity index (χ1n) is 9.58. The van der Waals surface area contributed by atoms with Gasteiger partial charge < -0.3 is 20.3 Å². The van der Waals surface area contributed by atoms with E-state index in [1.165, 1.54) is 12.8 Å². The summed E-state index contributed by atoms with van der Waals surface area (Å²) < 4.78 is 20.5. The summed E-state index contributed by atoms with van der Waals surface area (Å²) >= 11 is 1.16. The summed E-state index contributed by atoms with van der Waals surface area (Å²) in [4.78, 5) is 11.8. The maximum atomic E-state index is 11.8. The van der Waals surface area contributed by atoms with E-state index < -0.39 is 12.0 Å². The molecule has 0 fully saturated rings. The van der Waals surface area contributed by atoms with E-state index in [0.717, 1.165) is 48.8 Å². The molecule has 0 saturated carbocycles. The van der Waals surface area contributed by atoms with Crippen LogP contribution in [0.4, 0.5) is 0 Å². The van der Waals surface area contributed by atoms with Crippen LogP contribution in [0.1, 0.15) is 44.7 Å². The summed E-state index contributed by atoms with van der Waals surface area (Å²) in [5.74, 6) is 0.130. The van der Waals surface area contributed by atoms with Gasteiger partial charge in [0.05, 0.1) is 31.9 Å². The second-order valence-electron chi connectivity index (χ2n) is 7.32. The number of aliphatic hydroxyl groups excluding tert-OH is 1. The highest BCUT2D eigenvalue weighted by atomic mass is 32.1. The van der Waals surface area contributed by atoms with Gasteiger partial charge in [-0.05, 0) is 6.42 Å². The molecule has 27 heavy (non-hydrogen) atoms. The number of rotatable bonds is 11. The number of esters is 1. The van der Waals surface area contributed by atoms with Crippen molar-refractivity contribution in [1.29, 1.82) is 0 Å². The fraction of sp³-hybridized carbons (Fsp3) is 0.722. The van der Waals surface area contributed by atoms with E-state index in [2.05, 4.69) is 27.5 Å². The maximum absolute atomic E-state index is 11.8. The van der Waals surface area contributed by atoms with Crippen LogP contribution in [0.2, 0.25) is 0 Å². The zero-order chi connectivity index (χ0) is 19.7. The van der Waals surface area contributed by atoms with Crippen LogP contribution < -0.4 is 10.5 Å². The third kappa shape index (κ3) is 6.53. The predicted octanol–water partition coefficient (Wildman–Crippen LogP) is 0.834. The molecule has 4 N–H and O–H groups in total. The molecule has 0 amide bonds. The van der Waals surface area contributed by atoms with Crippen molar-refractivity contribution >= 4 is 23.3 Å². The Labute approximate surface area is 164 Å². The topological polar surface area (TPSA) is 109 Å². The minimum atomic E-state index is -0.744. The van der Waals surface area contributed by atoms with Crippen molar-refractivity contribution in [3.63, 3.8) is 0 Å². The molecule has 0 aromatic carbocycles. The van der Waals surface area contributed by atoms with Crippen LogP contribution in [0, 0.1) is 0 Å². The van der Waals surface area contributed by atoms with E-state index in [0.29, 0.717) is 23.5 Å². The van der Waals surface area contributed by atoms with Gasteiger partial charge in [0.15, 0.2) is 0 Å². The van der Waals surface area contributed by atoms with Crippen molar-refractivity contribution in [2.75, 3.05) is 40.1 Å². The summed E-state index contributed by atoms with van der Waals surface area (Å²) in [7, 11) is 2.04. The molecule has 0 saturated heterocycles. The van der Waals surface area contributed by atoms with E-state index in [4.69, 9.17) is 14.6 Å². The molecule has 8 nitrogen and oxygen atoms in total. The SMILES string of the molecule is CCCCCCOc1nsnc1C1=CCC[N+](C)(COC(=O)[C@@H]([NH3+])CO)C1. The van der Waals surface area contributed by atoms with Crippen molar-refractivity contribution in [3.05, 3.63) is 11.8 Å². The highest BCUT2D eigenvalue weighted by Crippen LogP contribution is 2.30. The molecule has 152 valence electrons. The molecule has 0 spiro atoms. The molecule has 0 aliphatic carbocycles. The fourth-order valence-corrected chi connectivity index (χ4v) is 3.50. The largest absolute Gasteiger partial charge is 0.475 e. The number of quaternary nitrogens is 2. The lowest BCUT2D eigenvalue weighted by Gasteiger charge is -2.36. The van der Waals surface area contributed by atoms with Crippen molar-refractivity contribution in [2.45, 2.75) is 45.1 Å². The Morgan fingerprint density at radius 2 is 2.22 bits per heavy atom. The van der Waals surface area contributed by atoms with Gasteiger partial charge in [-0.3, -0.25) is 4.48 Å². The number of ether oxygens (including phenoxy) is 2. The van der Waals surface area contributed by atoms with Crippen LogP contribution in [0.5, 0.6) is 5.88 Å². The van der Waals surface area contributed by atoms with Gasteiger partial charge in [-0.15, -0.1) is 4.37 Å². The number of carbonyl (C=O) groups is 1. The van der Waals surface area contributed by atoms with Crippen LogP contribution in [-0.2, 0) is 9.53 Å². The van der Waals surface area contributed by atoms with E-state index in [-0.39, 0.29) is 13.3 Å². The smallest absolute Gasteiger partial charge is 0.371 e. The summed E-state index contributed by atoms with van der Waals surface area (Å²) in [6, 6.07) is -0.744. The maximum Gasteiger partial charge on any atom is 0.371 e. The lowest BCUT2D eigenvalue weighted by Crippen LogP contribution is -2.67. The van der Waals surface area contributed by atoms with Crippen molar-refractivity contribution in [1.82, 2.24) is 8.75 Å². The van der Waals surface area contributed by atoms with Crippen LogP contribution in [-0.4, -0.2) is 70.4 Å². The van der Waals surface area contributed by atoms with E-state index in [1.807, 2.05) is 7.05 Å². The van der Waals surface area contributed by atoms with Crippen LogP contribution in [0.25, 0.3) is 5.57 Å². The molecule has 1 aromatic heterocycles. The molecule has 2 atom stereocenters. The average molecular weight is 401 g/mol. The number of likely N-dealkylation sites (N-methyl/N-ethyl adjacent to an activating group) is 1. The van der Waals surface area contributed by atoms with Crippen molar-refractivity contribution < 1.29 is 29.6 Å². The van der Waals surface area contributed by atoms with Crippen molar-refractivity contribution in [3.8, 4) is 5.88 Å². The Kier molecular flexibility index (Phi) is 8.62. The summed E-state index contributed by atoms with van der Waals surface area (Å²) in [6.07, 6.45) is 7.63. The second-order valence-corrected chi connectivity index (χ2v) is 7.85. The number of aromatic nitrogens is 2. The van der Waals surface area contributed by atoms with Gasteiger partial charge in [0.2, 0.25) is 12.8 Å². The van der Waals surface area contributed by atoms with Gasteiger partial charge in [-0.1, -0.05) is 32.3 Å². The van der Waals surface area contributed by atoms with Gasteiger partial charge in [0, 0.05) is 12.0 Å². The number of unbranched alkanes of at least 4 members (excludes halogenated alkanes) is 3. The average Bonchev–Trinajstić information content (AvgIpc) is 3.14. The van der Waals surface area contributed by atoms with Crippen molar-refractivity contribution in [2.24, 2.45) is 0 Å². The highest BCUT2D eigenvalue weighted by molar-refractivity contribution is 6.99. The minimum absolute atomic E-state index is 0.243. The van der Waals surface area contributed by atoms with E-state index in [9.17, 15) is 4.79 Å². The first-order chi connectivity index (χ1) is 13.0. The lowest BCUT2D eigenvalue weighted by atomic mass is 10.1. The van der Waals surface area contributed by atoms with Gasteiger partial charge >= 0.3 is 5.97 Å². The quantitative estimate of drug-likeness (QED) is 0.324. The first kappa shape index (κ1) is 21.7. The number of hydrogen-bond donors (Lipinski definition) is 2. The highest BCUT2D eigenvalue weighted by Gasteiger charge is 2.32. The fourth-order valence-electron chi connectivity index (χ4n) is 2.97. The Morgan fingerprint density at radius 3 is 2.96 bits per heavy atom. The minimum Gasteiger partial charge on any atom is -0.475 e. The van der Waals surface area contributed by atoms with E-state index >= 15 is 0 Å². The molecule has 9 heteroatoms. The number of aliphatic hydroxyl groups is 1. The molecule has 2 heterocycles.